The van der Waals surface area contributed by atoms with Crippen LogP contribution in [-0.2, 0) is 14.3 Å². The number of rotatable bonds is 6. The average molecular weight is 396 g/mol. The number of nitrogens with one attached hydrogen (secondary N) is 1. The number of furan rings is 1. The van der Waals surface area contributed by atoms with Crippen LogP contribution in [0.5, 0.6) is 0 Å². The summed E-state index contributed by atoms with van der Waals surface area (Å²) in [6.45, 7) is 5.07. The van der Waals surface area contributed by atoms with Crippen LogP contribution >= 0.6 is 23.2 Å². The standard InChI is InChI=1S/C19H19Cl2NO4/c1-11-4-6-15(25-11)7-9-18(23)26-13(3)19(24)22-12(2)16-8-5-14(20)10-17(16)21/h4-10,12-13H,1-3H3,(H,22,24)/b9-7+. The highest BCUT2D eigenvalue weighted by atomic mass is 35.5. The molecule has 0 saturated heterocycles. The quantitative estimate of drug-likeness (QED) is 0.567. The molecule has 0 aliphatic rings. The molecule has 0 fully saturated rings. The number of benzene rings is 1. The largest absolute Gasteiger partial charge is 0.462 e. The van der Waals surface area contributed by atoms with Gasteiger partial charge in [0, 0.05) is 16.1 Å². The Morgan fingerprint density at radius 3 is 2.54 bits per heavy atom. The second kappa shape index (κ2) is 8.92. The summed E-state index contributed by atoms with van der Waals surface area (Å²) in [6, 6.07) is 8.18. The summed E-state index contributed by atoms with van der Waals surface area (Å²) in [5.74, 6) is 0.196. The van der Waals surface area contributed by atoms with Crippen molar-refractivity contribution in [3.05, 3.63) is 63.5 Å². The maximum absolute atomic E-state index is 12.2. The highest BCUT2D eigenvalue weighted by Gasteiger charge is 2.20. The second-order valence-electron chi connectivity index (χ2n) is 5.76. The minimum absolute atomic E-state index is 0.366. The minimum Gasteiger partial charge on any atom is -0.462 e. The van der Waals surface area contributed by atoms with Crippen molar-refractivity contribution in [1.82, 2.24) is 5.32 Å². The molecule has 0 aliphatic carbocycles. The number of ether oxygens (including phenoxy) is 1. The van der Waals surface area contributed by atoms with Crippen molar-refractivity contribution in [2.45, 2.75) is 32.9 Å². The number of esters is 1. The summed E-state index contributed by atoms with van der Waals surface area (Å²) in [5.41, 5.74) is 0.719. The van der Waals surface area contributed by atoms with Crippen LogP contribution in [0, 0.1) is 6.92 Å². The molecule has 1 heterocycles. The van der Waals surface area contributed by atoms with Gasteiger partial charge in [-0.25, -0.2) is 4.79 Å². The van der Waals surface area contributed by atoms with Gasteiger partial charge in [0.1, 0.15) is 11.5 Å². The SMILES string of the molecule is Cc1ccc(/C=C/C(=O)OC(C)C(=O)NC(C)c2ccc(Cl)cc2Cl)o1. The van der Waals surface area contributed by atoms with Gasteiger partial charge in [-0.2, -0.15) is 0 Å². The summed E-state index contributed by atoms with van der Waals surface area (Å²) >= 11 is 12.0. The lowest BCUT2D eigenvalue weighted by atomic mass is 10.1. The van der Waals surface area contributed by atoms with Crippen LogP contribution in [0.2, 0.25) is 10.0 Å². The first kappa shape index (κ1) is 20.1. The maximum Gasteiger partial charge on any atom is 0.331 e. The number of carbonyl (C=O) groups excluding carboxylic acids is 2. The number of aryl methyl sites for hydroxylation is 1. The molecule has 0 spiro atoms. The van der Waals surface area contributed by atoms with Gasteiger partial charge in [0.25, 0.3) is 5.91 Å². The molecule has 0 radical (unpaired) electrons. The molecule has 1 amide bonds. The van der Waals surface area contributed by atoms with Crippen molar-refractivity contribution < 1.29 is 18.7 Å². The highest BCUT2D eigenvalue weighted by Crippen LogP contribution is 2.26. The Bertz CT molecular complexity index is 829. The van der Waals surface area contributed by atoms with Crippen LogP contribution in [0.3, 0.4) is 0 Å². The van der Waals surface area contributed by atoms with E-state index in [0.29, 0.717) is 15.8 Å². The normalized spacial score (nSPS) is 13.4. The maximum atomic E-state index is 12.2. The second-order valence-corrected chi connectivity index (χ2v) is 6.60. The average Bonchev–Trinajstić information content (AvgIpc) is 2.98. The summed E-state index contributed by atoms with van der Waals surface area (Å²) < 4.78 is 10.4. The van der Waals surface area contributed by atoms with E-state index in [9.17, 15) is 9.59 Å². The smallest absolute Gasteiger partial charge is 0.331 e. The fourth-order valence-corrected chi connectivity index (χ4v) is 2.79. The first-order valence-electron chi connectivity index (χ1n) is 7.96. The van der Waals surface area contributed by atoms with Crippen LogP contribution < -0.4 is 5.32 Å². The number of carbonyl (C=O) groups is 2. The van der Waals surface area contributed by atoms with E-state index in [0.717, 1.165) is 11.3 Å². The van der Waals surface area contributed by atoms with Crippen molar-refractivity contribution in [2.24, 2.45) is 0 Å². The molecule has 2 atom stereocenters. The van der Waals surface area contributed by atoms with Gasteiger partial charge in [-0.15, -0.1) is 0 Å². The molecule has 138 valence electrons. The van der Waals surface area contributed by atoms with Gasteiger partial charge in [0.15, 0.2) is 6.10 Å². The molecule has 0 saturated carbocycles. The highest BCUT2D eigenvalue weighted by molar-refractivity contribution is 6.35. The lowest BCUT2D eigenvalue weighted by Gasteiger charge is -2.19. The van der Waals surface area contributed by atoms with E-state index in [1.807, 2.05) is 0 Å². The number of hydrogen-bond donors (Lipinski definition) is 1. The molecule has 0 aliphatic heterocycles. The third-order valence-electron chi connectivity index (χ3n) is 3.59. The van der Waals surface area contributed by atoms with Gasteiger partial charge < -0.3 is 14.5 Å². The molecule has 7 heteroatoms. The number of hydrogen-bond acceptors (Lipinski definition) is 4. The van der Waals surface area contributed by atoms with E-state index in [4.69, 9.17) is 32.4 Å². The molecule has 2 aromatic rings. The topological polar surface area (TPSA) is 68.5 Å². The molecule has 2 unspecified atom stereocenters. The predicted molar refractivity (Wildman–Crippen MR) is 101 cm³/mol. The van der Waals surface area contributed by atoms with Gasteiger partial charge in [-0.3, -0.25) is 4.79 Å². The lowest BCUT2D eigenvalue weighted by Crippen LogP contribution is -2.37. The van der Waals surface area contributed by atoms with Crippen molar-refractivity contribution >= 4 is 41.2 Å². The van der Waals surface area contributed by atoms with Gasteiger partial charge in [0.2, 0.25) is 0 Å². The minimum atomic E-state index is -0.959. The molecule has 1 aromatic carbocycles. The van der Waals surface area contributed by atoms with Gasteiger partial charge in [0.05, 0.1) is 6.04 Å². The predicted octanol–water partition coefficient (Wildman–Crippen LogP) is 4.72. The van der Waals surface area contributed by atoms with E-state index in [2.05, 4.69) is 5.32 Å². The fourth-order valence-electron chi connectivity index (χ4n) is 2.22. The van der Waals surface area contributed by atoms with Crippen LogP contribution in [0.4, 0.5) is 0 Å². The molecule has 1 aromatic heterocycles. The summed E-state index contributed by atoms with van der Waals surface area (Å²) in [7, 11) is 0. The Labute approximate surface area is 161 Å². The first-order valence-corrected chi connectivity index (χ1v) is 8.72. The van der Waals surface area contributed by atoms with E-state index in [-0.39, 0.29) is 6.04 Å². The third kappa shape index (κ3) is 5.64. The van der Waals surface area contributed by atoms with Gasteiger partial charge in [-0.05, 0) is 56.7 Å². The van der Waals surface area contributed by atoms with Gasteiger partial charge >= 0.3 is 5.97 Å². The zero-order valence-electron chi connectivity index (χ0n) is 14.6. The van der Waals surface area contributed by atoms with Crippen LogP contribution in [0.25, 0.3) is 6.08 Å². The van der Waals surface area contributed by atoms with E-state index in [1.165, 1.54) is 19.1 Å². The number of amides is 1. The van der Waals surface area contributed by atoms with Gasteiger partial charge in [-0.1, -0.05) is 29.3 Å². The molecular weight excluding hydrogens is 377 g/mol. The Hall–Kier alpha value is -2.24. The molecule has 26 heavy (non-hydrogen) atoms. The van der Waals surface area contributed by atoms with Crippen LogP contribution in [0.15, 0.2) is 40.8 Å². The Kier molecular flexibility index (Phi) is 6.89. The summed E-state index contributed by atoms with van der Waals surface area (Å²) in [4.78, 5) is 24.0. The third-order valence-corrected chi connectivity index (χ3v) is 4.16. The Balaban J connectivity index is 1.90. The zero-order valence-corrected chi connectivity index (χ0v) is 16.1. The van der Waals surface area contributed by atoms with Crippen LogP contribution in [-0.4, -0.2) is 18.0 Å². The monoisotopic (exact) mass is 395 g/mol. The molecule has 0 bridgehead atoms. The Morgan fingerprint density at radius 2 is 1.92 bits per heavy atom. The first-order chi connectivity index (χ1) is 12.3. The summed E-state index contributed by atoms with van der Waals surface area (Å²) in [5, 5.41) is 3.72. The fraction of sp³-hybridized carbons (Fsp3) is 0.263. The van der Waals surface area contributed by atoms with E-state index < -0.39 is 18.0 Å². The van der Waals surface area contributed by atoms with E-state index in [1.54, 1.807) is 44.2 Å². The number of halogens is 2. The van der Waals surface area contributed by atoms with E-state index >= 15 is 0 Å². The summed E-state index contributed by atoms with van der Waals surface area (Å²) in [6.07, 6.45) is 1.73. The zero-order chi connectivity index (χ0) is 19.3. The Morgan fingerprint density at radius 1 is 1.19 bits per heavy atom. The van der Waals surface area contributed by atoms with Crippen molar-refractivity contribution in [1.29, 1.82) is 0 Å². The molecule has 5 nitrogen and oxygen atoms in total. The van der Waals surface area contributed by atoms with Crippen molar-refractivity contribution in [2.75, 3.05) is 0 Å². The lowest BCUT2D eigenvalue weighted by molar-refractivity contribution is -0.150. The molecule has 1 N–H and O–H groups in total. The molecular formula is C19H19Cl2NO4. The molecule has 2 rings (SSSR count). The van der Waals surface area contributed by atoms with Crippen LogP contribution in [0.1, 0.15) is 37.0 Å². The van der Waals surface area contributed by atoms with Crippen molar-refractivity contribution in [3.8, 4) is 0 Å². The van der Waals surface area contributed by atoms with Crippen molar-refractivity contribution in [3.63, 3.8) is 0 Å².